The van der Waals surface area contributed by atoms with Crippen LogP contribution in [0.1, 0.15) is 96.8 Å². The number of hydrogen-bond acceptors (Lipinski definition) is 6. The summed E-state index contributed by atoms with van der Waals surface area (Å²) >= 11 is 0. The zero-order chi connectivity index (χ0) is 22.6. The average molecular weight is 455 g/mol. The summed E-state index contributed by atoms with van der Waals surface area (Å²) in [5.74, 6) is 0.664. The molecule has 0 bridgehead atoms. The van der Waals surface area contributed by atoms with E-state index >= 15 is 0 Å². The van der Waals surface area contributed by atoms with Crippen LogP contribution < -0.4 is 0 Å². The van der Waals surface area contributed by atoms with Crippen LogP contribution in [0.4, 0.5) is 0 Å². The fourth-order valence-electron chi connectivity index (χ4n) is 5.82. The minimum Gasteiger partial charge on any atom is -0.393 e. The Labute approximate surface area is 194 Å². The van der Waals surface area contributed by atoms with E-state index < -0.39 is 6.10 Å². The molecule has 0 aromatic rings. The molecule has 0 aromatic carbocycles. The van der Waals surface area contributed by atoms with Crippen molar-refractivity contribution in [1.82, 2.24) is 0 Å². The molecule has 3 rings (SSSR count). The lowest BCUT2D eigenvalue weighted by molar-refractivity contribution is -0.199. The average Bonchev–Trinajstić information content (AvgIpc) is 3.11. The molecule has 6 nitrogen and oxygen atoms in total. The van der Waals surface area contributed by atoms with Crippen molar-refractivity contribution < 1.29 is 28.8 Å². The largest absolute Gasteiger partial charge is 0.393 e. The molecule has 1 N–H and O–H groups in total. The number of unbranched alkanes of at least 4 members (excludes halogenated alkanes) is 4. The Kier molecular flexibility index (Phi) is 12.0. The number of carbonyl (C=O) groups excluding carboxylic acids is 1. The molecule has 2 saturated heterocycles. The number of rotatable bonds is 14. The van der Waals surface area contributed by atoms with Crippen molar-refractivity contribution in [3.05, 3.63) is 0 Å². The second kappa shape index (κ2) is 14.7. The Morgan fingerprint density at radius 1 is 0.969 bits per heavy atom. The second-order valence-electron chi connectivity index (χ2n) is 10.1. The van der Waals surface area contributed by atoms with E-state index in [-0.39, 0.29) is 30.5 Å². The molecule has 3 fully saturated rings. The maximum absolute atomic E-state index is 11.3. The van der Waals surface area contributed by atoms with Gasteiger partial charge >= 0.3 is 0 Å². The fraction of sp³-hybridized carbons (Fsp3) is 0.962. The number of aliphatic hydroxyl groups is 1. The maximum atomic E-state index is 11.3. The van der Waals surface area contributed by atoms with Crippen LogP contribution in [0.15, 0.2) is 0 Å². The zero-order valence-corrected chi connectivity index (χ0v) is 20.1. The number of hydrogen-bond donors (Lipinski definition) is 1. The maximum Gasteiger partial charge on any atom is 0.157 e. The SMILES string of the molecule is CC(CCCCCCCOC1CCCCO1)[C@H]1[C@@H](CC=O)[C@@H](O)C[C@H]1OC1CCCCO1. The normalized spacial score (nSPS) is 34.4. The minimum atomic E-state index is -0.450. The summed E-state index contributed by atoms with van der Waals surface area (Å²) in [6.07, 6.45) is 15.1. The van der Waals surface area contributed by atoms with Crippen molar-refractivity contribution in [2.45, 2.75) is 122 Å². The predicted octanol–water partition coefficient (Wildman–Crippen LogP) is 5.00. The molecule has 3 aliphatic rings. The first-order valence-electron chi connectivity index (χ1n) is 13.3. The third kappa shape index (κ3) is 8.35. The highest BCUT2D eigenvalue weighted by Gasteiger charge is 2.46. The molecule has 0 spiro atoms. The summed E-state index contributed by atoms with van der Waals surface area (Å²) in [6.45, 7) is 4.68. The van der Waals surface area contributed by atoms with Crippen molar-refractivity contribution >= 4 is 6.29 Å². The van der Waals surface area contributed by atoms with Gasteiger partial charge in [-0.05, 0) is 62.7 Å². The van der Waals surface area contributed by atoms with E-state index in [0.29, 0.717) is 18.8 Å². The molecule has 186 valence electrons. The number of ether oxygens (including phenoxy) is 4. The molecule has 2 heterocycles. The molecule has 6 heteroatoms. The standard InChI is InChI=1S/C26H46O6/c1-20(11-5-3-2-4-8-16-29-24-12-6-9-17-30-24)26-21(14-15-27)22(28)19-23(26)32-25-13-7-10-18-31-25/h15,20-26,28H,2-14,16-19H2,1H3/t20?,21-,22-,23+,24?,25?,26-/m0/s1. The second-order valence-corrected chi connectivity index (χ2v) is 10.1. The lowest BCUT2D eigenvalue weighted by Crippen LogP contribution is -2.34. The quantitative estimate of drug-likeness (QED) is 0.294. The van der Waals surface area contributed by atoms with E-state index in [2.05, 4.69) is 6.92 Å². The molecular formula is C26H46O6. The van der Waals surface area contributed by atoms with Gasteiger partial charge in [-0.25, -0.2) is 0 Å². The molecule has 7 atom stereocenters. The Bertz CT molecular complexity index is 503. The van der Waals surface area contributed by atoms with Gasteiger partial charge in [0.1, 0.15) is 6.29 Å². The van der Waals surface area contributed by atoms with Gasteiger partial charge < -0.3 is 28.8 Å². The third-order valence-electron chi connectivity index (χ3n) is 7.63. The smallest absolute Gasteiger partial charge is 0.157 e. The van der Waals surface area contributed by atoms with Gasteiger partial charge in [-0.3, -0.25) is 0 Å². The van der Waals surface area contributed by atoms with E-state index in [0.717, 1.165) is 71.1 Å². The van der Waals surface area contributed by atoms with Gasteiger partial charge in [0.15, 0.2) is 12.6 Å². The fourth-order valence-corrected chi connectivity index (χ4v) is 5.82. The van der Waals surface area contributed by atoms with E-state index in [4.69, 9.17) is 18.9 Å². The van der Waals surface area contributed by atoms with Crippen molar-refractivity contribution in [3.8, 4) is 0 Å². The molecule has 3 unspecified atom stereocenters. The van der Waals surface area contributed by atoms with Crippen LogP contribution in [-0.2, 0) is 23.7 Å². The van der Waals surface area contributed by atoms with Crippen molar-refractivity contribution in [2.75, 3.05) is 19.8 Å². The van der Waals surface area contributed by atoms with Gasteiger partial charge in [-0.1, -0.05) is 39.0 Å². The molecule has 0 aromatic heterocycles. The molecule has 2 aliphatic heterocycles. The van der Waals surface area contributed by atoms with Gasteiger partial charge in [0.05, 0.1) is 12.2 Å². The summed E-state index contributed by atoms with van der Waals surface area (Å²) in [5, 5.41) is 10.6. The Morgan fingerprint density at radius 2 is 1.66 bits per heavy atom. The summed E-state index contributed by atoms with van der Waals surface area (Å²) in [5.41, 5.74) is 0. The first-order valence-corrected chi connectivity index (χ1v) is 13.3. The van der Waals surface area contributed by atoms with Crippen LogP contribution in [0.3, 0.4) is 0 Å². The third-order valence-corrected chi connectivity index (χ3v) is 7.63. The Morgan fingerprint density at radius 3 is 2.34 bits per heavy atom. The summed E-state index contributed by atoms with van der Waals surface area (Å²) < 4.78 is 23.5. The minimum absolute atomic E-state index is 0.00722. The molecular weight excluding hydrogens is 408 g/mol. The van der Waals surface area contributed by atoms with Crippen LogP contribution in [0, 0.1) is 17.8 Å². The van der Waals surface area contributed by atoms with Crippen LogP contribution in [0.5, 0.6) is 0 Å². The number of carbonyl (C=O) groups is 1. The number of aldehydes is 1. The van der Waals surface area contributed by atoms with Gasteiger partial charge in [0, 0.05) is 32.7 Å². The monoisotopic (exact) mass is 454 g/mol. The van der Waals surface area contributed by atoms with E-state index in [1.165, 1.54) is 32.1 Å². The van der Waals surface area contributed by atoms with Gasteiger partial charge in [-0.15, -0.1) is 0 Å². The first kappa shape index (κ1) is 26.1. The summed E-state index contributed by atoms with van der Waals surface area (Å²) in [6, 6.07) is 0. The first-order chi connectivity index (χ1) is 15.7. The van der Waals surface area contributed by atoms with Crippen LogP contribution in [0.25, 0.3) is 0 Å². The van der Waals surface area contributed by atoms with E-state index in [1.54, 1.807) is 0 Å². The van der Waals surface area contributed by atoms with Crippen LogP contribution in [0.2, 0.25) is 0 Å². The van der Waals surface area contributed by atoms with Crippen molar-refractivity contribution in [1.29, 1.82) is 0 Å². The predicted molar refractivity (Wildman–Crippen MR) is 123 cm³/mol. The van der Waals surface area contributed by atoms with E-state index in [1.807, 2.05) is 0 Å². The zero-order valence-electron chi connectivity index (χ0n) is 20.1. The van der Waals surface area contributed by atoms with Gasteiger partial charge in [-0.2, -0.15) is 0 Å². The van der Waals surface area contributed by atoms with Gasteiger partial charge in [0.2, 0.25) is 0 Å². The van der Waals surface area contributed by atoms with E-state index in [9.17, 15) is 9.90 Å². The number of aliphatic hydroxyl groups excluding tert-OH is 1. The van der Waals surface area contributed by atoms with Gasteiger partial charge in [0.25, 0.3) is 0 Å². The van der Waals surface area contributed by atoms with Crippen LogP contribution >= 0.6 is 0 Å². The van der Waals surface area contributed by atoms with Crippen LogP contribution in [-0.4, -0.2) is 56.0 Å². The van der Waals surface area contributed by atoms with Crippen molar-refractivity contribution in [2.24, 2.45) is 17.8 Å². The summed E-state index contributed by atoms with van der Waals surface area (Å²) in [4.78, 5) is 11.3. The highest BCUT2D eigenvalue weighted by molar-refractivity contribution is 5.50. The Balaban J connectivity index is 1.33. The lowest BCUT2D eigenvalue weighted by atomic mass is 9.79. The molecule has 32 heavy (non-hydrogen) atoms. The molecule has 0 radical (unpaired) electrons. The topological polar surface area (TPSA) is 74.2 Å². The summed E-state index contributed by atoms with van der Waals surface area (Å²) in [7, 11) is 0. The molecule has 0 amide bonds. The highest BCUT2D eigenvalue weighted by atomic mass is 16.7. The van der Waals surface area contributed by atoms with Crippen molar-refractivity contribution in [3.63, 3.8) is 0 Å². The lowest BCUT2D eigenvalue weighted by Gasteiger charge is -2.33. The molecule has 1 saturated carbocycles. The molecule has 1 aliphatic carbocycles. The highest BCUT2D eigenvalue weighted by Crippen LogP contribution is 2.43. The Hall–Kier alpha value is -0.530.